The first-order chi connectivity index (χ1) is 6.60. The zero-order valence-electron chi connectivity index (χ0n) is 9.53. The van der Waals surface area contributed by atoms with Gasteiger partial charge in [-0.2, -0.15) is 0 Å². The average Bonchev–Trinajstić information content (AvgIpc) is 2.18. The quantitative estimate of drug-likeness (QED) is 0.528. The van der Waals surface area contributed by atoms with Crippen LogP contribution in [0.15, 0.2) is 36.9 Å². The summed E-state index contributed by atoms with van der Waals surface area (Å²) in [5.74, 6) is 0.901. The maximum absolute atomic E-state index is 5.19. The van der Waals surface area contributed by atoms with Crippen LogP contribution in [0.5, 0.6) is 5.75 Å². The first-order valence-corrected chi connectivity index (χ1v) is 4.68. The monoisotopic (exact) mass is 271 g/mol. The summed E-state index contributed by atoms with van der Waals surface area (Å²) in [7, 11) is 5.99. The number of likely N-dealkylation sites (N-methyl/N-ethyl adjacent to an activating group) is 1. The van der Waals surface area contributed by atoms with Gasteiger partial charge in [-0.1, -0.05) is 12.6 Å². The molecule has 0 unspecified atom stereocenters. The van der Waals surface area contributed by atoms with Crippen LogP contribution in [0.1, 0.15) is 0 Å². The van der Waals surface area contributed by atoms with Crippen molar-refractivity contribution in [2.45, 2.75) is 0 Å². The highest BCUT2D eigenvalue weighted by Gasteiger charge is 2.16. The second kappa shape index (κ2) is 5.93. The molecule has 0 bridgehead atoms. The molecule has 0 saturated heterocycles. The van der Waals surface area contributed by atoms with Gasteiger partial charge < -0.3 is 21.7 Å². The first kappa shape index (κ1) is 14.2. The smallest absolute Gasteiger partial charge is 0.136 e. The van der Waals surface area contributed by atoms with E-state index in [1.54, 1.807) is 7.11 Å². The molecule has 0 aliphatic rings. The van der Waals surface area contributed by atoms with Crippen LogP contribution in [0.3, 0.4) is 0 Å². The number of halogens is 1. The minimum absolute atomic E-state index is 0. The Morgan fingerprint density at radius 1 is 1.40 bits per heavy atom. The Morgan fingerprint density at radius 3 is 2.60 bits per heavy atom. The number of ether oxygens (including phenoxy) is 1. The lowest BCUT2D eigenvalue weighted by molar-refractivity contribution is -0.00000342. The van der Waals surface area contributed by atoms with E-state index in [9.17, 15) is 0 Å². The zero-order chi connectivity index (χ0) is 10.6. The standard InChI is InChI=1S/C12H18NO.BrH/c1-5-9-13(2,3)11-7-6-8-12(10-11)14-4;/h5-8,10H,1,9H2,2-4H3;1H/q+1;/p-1. The number of benzene rings is 1. The van der Waals surface area contributed by atoms with Crippen LogP contribution in [0, 0.1) is 0 Å². The van der Waals surface area contributed by atoms with E-state index in [-0.39, 0.29) is 17.0 Å². The van der Waals surface area contributed by atoms with Gasteiger partial charge in [0.25, 0.3) is 0 Å². The van der Waals surface area contributed by atoms with E-state index in [0.29, 0.717) is 0 Å². The second-order valence-corrected chi connectivity index (χ2v) is 3.86. The molecule has 3 heteroatoms. The van der Waals surface area contributed by atoms with Crippen molar-refractivity contribution in [1.29, 1.82) is 0 Å². The van der Waals surface area contributed by atoms with Crippen molar-refractivity contribution in [3.05, 3.63) is 36.9 Å². The van der Waals surface area contributed by atoms with Crippen LogP contribution in [0.2, 0.25) is 0 Å². The Balaban J connectivity index is 0.00000196. The van der Waals surface area contributed by atoms with Crippen LogP contribution < -0.4 is 26.2 Å². The zero-order valence-corrected chi connectivity index (χ0v) is 11.1. The van der Waals surface area contributed by atoms with Gasteiger partial charge in [0.1, 0.15) is 18.0 Å². The fourth-order valence-corrected chi connectivity index (χ4v) is 1.42. The Morgan fingerprint density at radius 2 is 2.07 bits per heavy atom. The molecule has 1 aromatic carbocycles. The molecule has 1 aromatic rings. The van der Waals surface area contributed by atoms with E-state index >= 15 is 0 Å². The third kappa shape index (κ3) is 3.68. The summed E-state index contributed by atoms with van der Waals surface area (Å²) in [6.45, 7) is 4.68. The SMILES string of the molecule is C=CC[N+](C)(C)c1cccc(OC)c1.[Br-]. The predicted molar refractivity (Wildman–Crippen MR) is 61.7 cm³/mol. The van der Waals surface area contributed by atoms with Gasteiger partial charge in [0.15, 0.2) is 0 Å². The van der Waals surface area contributed by atoms with Gasteiger partial charge in [0, 0.05) is 6.07 Å². The highest BCUT2D eigenvalue weighted by atomic mass is 79.9. The molecular weight excluding hydrogens is 254 g/mol. The van der Waals surface area contributed by atoms with Gasteiger partial charge >= 0.3 is 0 Å². The third-order valence-corrected chi connectivity index (χ3v) is 2.34. The summed E-state index contributed by atoms with van der Waals surface area (Å²) in [6, 6.07) is 8.13. The molecule has 0 amide bonds. The van der Waals surface area contributed by atoms with Crippen LogP contribution in [-0.2, 0) is 0 Å². The molecule has 0 N–H and O–H groups in total. The van der Waals surface area contributed by atoms with Crippen molar-refractivity contribution in [2.24, 2.45) is 0 Å². The lowest BCUT2D eigenvalue weighted by Gasteiger charge is -2.27. The molecule has 0 radical (unpaired) electrons. The van der Waals surface area contributed by atoms with E-state index < -0.39 is 0 Å². The molecule has 0 spiro atoms. The van der Waals surface area contributed by atoms with Crippen LogP contribution in [-0.4, -0.2) is 27.7 Å². The summed E-state index contributed by atoms with van der Waals surface area (Å²) in [6.07, 6.45) is 1.93. The van der Waals surface area contributed by atoms with Crippen LogP contribution >= 0.6 is 0 Å². The molecule has 0 aliphatic carbocycles. The van der Waals surface area contributed by atoms with Gasteiger partial charge in [0.2, 0.25) is 0 Å². The highest BCUT2D eigenvalue weighted by Crippen LogP contribution is 2.23. The van der Waals surface area contributed by atoms with Crippen molar-refractivity contribution in [1.82, 2.24) is 4.48 Å². The molecule has 2 nitrogen and oxygen atoms in total. The fourth-order valence-electron chi connectivity index (χ4n) is 1.42. The maximum atomic E-state index is 5.19. The molecule has 0 atom stereocenters. The minimum Gasteiger partial charge on any atom is -1.00 e. The van der Waals surface area contributed by atoms with Gasteiger partial charge in [-0.3, -0.25) is 4.48 Å². The van der Waals surface area contributed by atoms with Crippen LogP contribution in [0.4, 0.5) is 5.69 Å². The molecule has 0 fully saturated rings. The molecule has 0 saturated carbocycles. The lowest BCUT2D eigenvalue weighted by atomic mass is 10.2. The van der Waals surface area contributed by atoms with Crippen molar-refractivity contribution < 1.29 is 21.7 Å². The number of rotatable bonds is 4. The summed E-state index contributed by atoms with van der Waals surface area (Å²) in [4.78, 5) is 0. The summed E-state index contributed by atoms with van der Waals surface area (Å²) < 4.78 is 5.98. The fraction of sp³-hybridized carbons (Fsp3) is 0.333. The summed E-state index contributed by atoms with van der Waals surface area (Å²) in [5.41, 5.74) is 1.23. The molecule has 1 rings (SSSR count). The topological polar surface area (TPSA) is 9.23 Å². The first-order valence-electron chi connectivity index (χ1n) is 4.68. The molecule has 0 heterocycles. The molecule has 15 heavy (non-hydrogen) atoms. The second-order valence-electron chi connectivity index (χ2n) is 3.86. The van der Waals surface area contributed by atoms with E-state index in [2.05, 4.69) is 32.8 Å². The number of hydrogen-bond acceptors (Lipinski definition) is 1. The number of nitrogens with zero attached hydrogens (tertiary/aromatic N) is 1. The molecule has 0 aliphatic heterocycles. The normalized spacial score (nSPS) is 10.3. The average molecular weight is 272 g/mol. The third-order valence-electron chi connectivity index (χ3n) is 2.34. The lowest BCUT2D eigenvalue weighted by Crippen LogP contribution is -3.00. The van der Waals surface area contributed by atoms with Gasteiger partial charge in [-0.05, 0) is 18.2 Å². The highest BCUT2D eigenvalue weighted by molar-refractivity contribution is 5.47. The number of hydrogen-bond donors (Lipinski definition) is 0. The van der Waals surface area contributed by atoms with Crippen molar-refractivity contribution in [3.63, 3.8) is 0 Å². The van der Waals surface area contributed by atoms with Gasteiger partial charge in [-0.15, -0.1) is 0 Å². The van der Waals surface area contributed by atoms with Crippen molar-refractivity contribution in [2.75, 3.05) is 27.7 Å². The Kier molecular flexibility index (Phi) is 5.61. The summed E-state index contributed by atoms with van der Waals surface area (Å²) >= 11 is 0. The van der Waals surface area contributed by atoms with Crippen LogP contribution in [0.25, 0.3) is 0 Å². The van der Waals surface area contributed by atoms with E-state index in [0.717, 1.165) is 16.8 Å². The summed E-state index contributed by atoms with van der Waals surface area (Å²) in [5, 5.41) is 0. The Bertz CT molecular complexity index is 323. The number of quaternary nitrogens is 1. The molecule has 84 valence electrons. The Labute approximate surface area is 103 Å². The van der Waals surface area contributed by atoms with E-state index in [4.69, 9.17) is 4.74 Å². The van der Waals surface area contributed by atoms with Crippen molar-refractivity contribution >= 4 is 5.69 Å². The molecular formula is C12H18BrNO. The molecule has 0 aromatic heterocycles. The van der Waals surface area contributed by atoms with E-state index in [1.165, 1.54) is 5.69 Å². The Hall–Kier alpha value is -0.800. The van der Waals surface area contributed by atoms with Crippen molar-refractivity contribution in [3.8, 4) is 5.75 Å². The van der Waals surface area contributed by atoms with Gasteiger partial charge in [-0.25, -0.2) is 0 Å². The van der Waals surface area contributed by atoms with E-state index in [1.807, 2.05) is 18.2 Å². The number of methoxy groups -OCH3 is 1. The van der Waals surface area contributed by atoms with Gasteiger partial charge in [0.05, 0.1) is 21.2 Å². The largest absolute Gasteiger partial charge is 1.00 e. The minimum atomic E-state index is 0. The predicted octanol–water partition coefficient (Wildman–Crippen LogP) is -0.548. The maximum Gasteiger partial charge on any atom is 0.136 e.